The van der Waals surface area contributed by atoms with Crippen LogP contribution in [0.25, 0.3) is 0 Å². The van der Waals surface area contributed by atoms with Crippen LogP contribution >= 0.6 is 0 Å². The summed E-state index contributed by atoms with van der Waals surface area (Å²) in [6.45, 7) is 3.95. The van der Waals surface area contributed by atoms with Gasteiger partial charge in [-0.2, -0.15) is 0 Å². The fourth-order valence-electron chi connectivity index (χ4n) is 2.99. The van der Waals surface area contributed by atoms with Crippen molar-refractivity contribution in [3.8, 4) is 5.75 Å². The van der Waals surface area contributed by atoms with Crippen LogP contribution in [0.1, 0.15) is 43.5 Å². The van der Waals surface area contributed by atoms with Crippen molar-refractivity contribution in [2.45, 2.75) is 39.2 Å². The molecule has 5 nitrogen and oxygen atoms in total. The number of esters is 1. The number of carbonyl (C=O) groups excluding carboxylic acids is 1. The summed E-state index contributed by atoms with van der Waals surface area (Å²) in [5, 5.41) is 18.9. The summed E-state index contributed by atoms with van der Waals surface area (Å²) in [5.41, 5.74) is -0.0851. The quantitative estimate of drug-likeness (QED) is 0.837. The summed E-state index contributed by atoms with van der Waals surface area (Å²) in [6, 6.07) is 6.17. The molecule has 0 aliphatic heterocycles. The van der Waals surface area contributed by atoms with Crippen LogP contribution in [0, 0.1) is 11.3 Å². The van der Waals surface area contributed by atoms with E-state index in [4.69, 9.17) is 4.74 Å². The lowest BCUT2D eigenvalue weighted by Gasteiger charge is -2.38. The van der Waals surface area contributed by atoms with E-state index in [1.54, 1.807) is 12.1 Å². The van der Waals surface area contributed by atoms with E-state index in [2.05, 4.69) is 0 Å². The minimum absolute atomic E-state index is 0.104. The number of carbonyl (C=O) groups is 2. The number of phenolic OH excluding ortho intramolecular Hbond substituents is 1. The molecule has 114 valence electrons. The molecule has 0 amide bonds. The van der Waals surface area contributed by atoms with Gasteiger partial charge in [-0.1, -0.05) is 26.0 Å². The Labute approximate surface area is 123 Å². The van der Waals surface area contributed by atoms with Crippen molar-refractivity contribution in [2.24, 2.45) is 11.3 Å². The van der Waals surface area contributed by atoms with Crippen LogP contribution in [0.4, 0.5) is 0 Å². The van der Waals surface area contributed by atoms with E-state index >= 15 is 0 Å². The largest absolute Gasteiger partial charge is 0.507 e. The lowest BCUT2D eigenvalue weighted by atomic mass is 9.71. The van der Waals surface area contributed by atoms with Crippen molar-refractivity contribution < 1.29 is 24.5 Å². The minimum atomic E-state index is -0.855. The second-order valence-electron chi connectivity index (χ2n) is 6.39. The first-order chi connectivity index (χ1) is 9.78. The zero-order valence-corrected chi connectivity index (χ0v) is 12.2. The number of para-hydroxylation sites is 1. The number of benzene rings is 1. The second-order valence-corrected chi connectivity index (χ2v) is 6.39. The van der Waals surface area contributed by atoms with Gasteiger partial charge in [-0.05, 0) is 36.8 Å². The molecule has 0 spiro atoms. The molecule has 1 fully saturated rings. The maximum Gasteiger partial charge on any atom is 0.342 e. The van der Waals surface area contributed by atoms with Crippen LogP contribution < -0.4 is 0 Å². The summed E-state index contributed by atoms with van der Waals surface area (Å²) >= 11 is 0. The molecule has 21 heavy (non-hydrogen) atoms. The van der Waals surface area contributed by atoms with Crippen LogP contribution in [-0.4, -0.2) is 28.3 Å². The van der Waals surface area contributed by atoms with Gasteiger partial charge in [0.2, 0.25) is 0 Å². The Morgan fingerprint density at radius 2 is 1.90 bits per heavy atom. The number of rotatable bonds is 3. The van der Waals surface area contributed by atoms with Gasteiger partial charge in [0, 0.05) is 0 Å². The first kappa shape index (κ1) is 15.4. The number of carboxylic acid groups (broad SMARTS) is 1. The number of aliphatic carboxylic acids is 1. The number of hydrogen-bond acceptors (Lipinski definition) is 4. The molecule has 1 aliphatic rings. The number of ether oxygens (including phenoxy) is 1. The zero-order valence-electron chi connectivity index (χ0n) is 12.2. The number of carboxylic acids is 1. The lowest BCUT2D eigenvalue weighted by Crippen LogP contribution is -2.37. The maximum absolute atomic E-state index is 12.1. The summed E-state index contributed by atoms with van der Waals surface area (Å²) in [5.74, 6) is -2.10. The predicted octanol–water partition coefficient (Wildman–Crippen LogP) is 2.83. The third kappa shape index (κ3) is 3.74. The molecule has 1 aromatic rings. The summed E-state index contributed by atoms with van der Waals surface area (Å²) < 4.78 is 5.41. The molecule has 1 aromatic carbocycles. The van der Waals surface area contributed by atoms with E-state index < -0.39 is 24.0 Å². The molecule has 0 radical (unpaired) electrons. The van der Waals surface area contributed by atoms with Crippen LogP contribution in [0.5, 0.6) is 5.75 Å². The molecule has 2 rings (SSSR count). The molecular formula is C16H20O5. The standard InChI is InChI=1S/C16H20O5/c1-16(2)8-10(14(18)19)7-11(9-16)21-15(20)12-5-3-4-6-13(12)17/h3-6,10-11,17H,7-9H2,1-2H3,(H,18,19)/t10-,11+/m0/s1. The number of hydrogen-bond donors (Lipinski definition) is 2. The molecule has 2 N–H and O–H groups in total. The molecule has 0 aromatic heterocycles. The Kier molecular flexibility index (Phi) is 4.21. The molecule has 0 heterocycles. The van der Waals surface area contributed by atoms with Crippen molar-refractivity contribution in [1.29, 1.82) is 0 Å². The van der Waals surface area contributed by atoms with Gasteiger partial charge in [-0.3, -0.25) is 4.79 Å². The van der Waals surface area contributed by atoms with Gasteiger partial charge in [-0.15, -0.1) is 0 Å². The van der Waals surface area contributed by atoms with E-state index in [0.29, 0.717) is 19.3 Å². The molecule has 5 heteroatoms. The summed E-state index contributed by atoms with van der Waals surface area (Å²) in [7, 11) is 0. The Morgan fingerprint density at radius 3 is 2.52 bits per heavy atom. The lowest BCUT2D eigenvalue weighted by molar-refractivity contribution is -0.146. The second kappa shape index (κ2) is 5.76. The zero-order chi connectivity index (χ0) is 15.6. The fraction of sp³-hybridized carbons (Fsp3) is 0.500. The number of aromatic hydroxyl groups is 1. The van der Waals surface area contributed by atoms with E-state index in [1.807, 2.05) is 13.8 Å². The van der Waals surface area contributed by atoms with Crippen molar-refractivity contribution in [2.75, 3.05) is 0 Å². The molecule has 0 saturated heterocycles. The predicted molar refractivity (Wildman–Crippen MR) is 76.1 cm³/mol. The molecule has 0 bridgehead atoms. The van der Waals surface area contributed by atoms with E-state index in [-0.39, 0.29) is 16.7 Å². The summed E-state index contributed by atoms with van der Waals surface area (Å²) in [4.78, 5) is 23.3. The van der Waals surface area contributed by atoms with Crippen molar-refractivity contribution in [3.05, 3.63) is 29.8 Å². The average molecular weight is 292 g/mol. The highest BCUT2D eigenvalue weighted by Gasteiger charge is 2.39. The van der Waals surface area contributed by atoms with Gasteiger partial charge < -0.3 is 14.9 Å². The van der Waals surface area contributed by atoms with Crippen LogP contribution in [-0.2, 0) is 9.53 Å². The SMILES string of the molecule is CC1(C)C[C@H](OC(=O)c2ccccc2O)C[C@H](C(=O)O)C1. The Bertz CT molecular complexity index is 549. The monoisotopic (exact) mass is 292 g/mol. The third-order valence-electron chi connectivity index (χ3n) is 3.87. The first-order valence-electron chi connectivity index (χ1n) is 7.00. The molecule has 2 atom stereocenters. The molecular weight excluding hydrogens is 272 g/mol. The van der Waals surface area contributed by atoms with Gasteiger partial charge in [0.1, 0.15) is 17.4 Å². The van der Waals surface area contributed by atoms with Gasteiger partial charge in [0.25, 0.3) is 0 Å². The third-order valence-corrected chi connectivity index (χ3v) is 3.87. The van der Waals surface area contributed by atoms with Crippen LogP contribution in [0.2, 0.25) is 0 Å². The summed E-state index contributed by atoms with van der Waals surface area (Å²) in [6.07, 6.45) is 1.07. The highest BCUT2D eigenvalue weighted by atomic mass is 16.5. The topological polar surface area (TPSA) is 83.8 Å². The van der Waals surface area contributed by atoms with Gasteiger partial charge >= 0.3 is 11.9 Å². The molecule has 1 aliphatic carbocycles. The van der Waals surface area contributed by atoms with Gasteiger partial charge in [0.15, 0.2) is 0 Å². The normalized spacial score (nSPS) is 24.3. The van der Waals surface area contributed by atoms with Crippen molar-refractivity contribution in [1.82, 2.24) is 0 Å². The van der Waals surface area contributed by atoms with Crippen molar-refractivity contribution in [3.63, 3.8) is 0 Å². The highest BCUT2D eigenvalue weighted by Crippen LogP contribution is 2.40. The smallest absolute Gasteiger partial charge is 0.342 e. The molecule has 1 saturated carbocycles. The minimum Gasteiger partial charge on any atom is -0.507 e. The Balaban J connectivity index is 2.10. The fourth-order valence-corrected chi connectivity index (χ4v) is 2.99. The van der Waals surface area contributed by atoms with Gasteiger partial charge in [-0.25, -0.2) is 4.79 Å². The van der Waals surface area contributed by atoms with Crippen molar-refractivity contribution >= 4 is 11.9 Å². The Hall–Kier alpha value is -2.04. The maximum atomic E-state index is 12.1. The Morgan fingerprint density at radius 1 is 1.24 bits per heavy atom. The van der Waals surface area contributed by atoms with E-state index in [0.717, 1.165) is 0 Å². The molecule has 0 unspecified atom stereocenters. The van der Waals surface area contributed by atoms with Crippen LogP contribution in [0.15, 0.2) is 24.3 Å². The average Bonchev–Trinajstić information content (AvgIpc) is 2.37. The van der Waals surface area contributed by atoms with Gasteiger partial charge in [0.05, 0.1) is 5.92 Å². The van der Waals surface area contributed by atoms with E-state index in [9.17, 15) is 19.8 Å². The number of phenols is 1. The first-order valence-corrected chi connectivity index (χ1v) is 7.00. The van der Waals surface area contributed by atoms with Crippen LogP contribution in [0.3, 0.4) is 0 Å². The van der Waals surface area contributed by atoms with E-state index in [1.165, 1.54) is 12.1 Å². The highest BCUT2D eigenvalue weighted by molar-refractivity contribution is 5.92.